The van der Waals surface area contributed by atoms with Crippen LogP contribution < -0.4 is 20.4 Å². The summed E-state index contributed by atoms with van der Waals surface area (Å²) in [5.74, 6) is -2.83. The highest BCUT2D eigenvalue weighted by molar-refractivity contribution is 6.35. The second kappa shape index (κ2) is 13.6. The second-order valence-electron chi connectivity index (χ2n) is 12.9. The molecule has 2 heterocycles. The molecule has 55 heavy (non-hydrogen) atoms. The zero-order valence-electron chi connectivity index (χ0n) is 28.6. The topological polar surface area (TPSA) is 173 Å². The maximum absolute atomic E-state index is 13.4. The van der Waals surface area contributed by atoms with Crippen LogP contribution in [0.2, 0.25) is 0 Å². The van der Waals surface area contributed by atoms with E-state index in [2.05, 4.69) is 10.6 Å². The quantitative estimate of drug-likeness (QED) is 0.124. The lowest BCUT2D eigenvalue weighted by Gasteiger charge is -2.15. The maximum atomic E-state index is 13.4. The van der Waals surface area contributed by atoms with Crippen molar-refractivity contribution in [2.75, 3.05) is 20.4 Å². The summed E-state index contributed by atoms with van der Waals surface area (Å²) >= 11 is 0. The van der Waals surface area contributed by atoms with E-state index < -0.39 is 35.4 Å². The van der Waals surface area contributed by atoms with Gasteiger partial charge in [-0.25, -0.2) is 9.80 Å². The van der Waals surface area contributed by atoms with Gasteiger partial charge in [0.2, 0.25) is 0 Å². The smallest absolute Gasteiger partial charge is 0.266 e. The summed E-state index contributed by atoms with van der Waals surface area (Å²) in [7, 11) is 0. The van der Waals surface area contributed by atoms with Gasteiger partial charge < -0.3 is 20.8 Å². The lowest BCUT2D eigenvalue weighted by Crippen LogP contribution is -2.29. The third-order valence-electron chi connectivity index (χ3n) is 9.35. The number of benzene rings is 6. The molecule has 0 spiro atoms. The Hall–Kier alpha value is -7.86. The fourth-order valence-electron chi connectivity index (χ4n) is 6.50. The summed E-state index contributed by atoms with van der Waals surface area (Å²) < 4.78 is 0. The number of imide groups is 2. The first kappa shape index (κ1) is 34.2. The molecule has 6 aromatic rings. The largest absolute Gasteiger partial charge is 0.508 e. The number of amides is 6. The fourth-order valence-corrected chi connectivity index (χ4v) is 6.50. The molecule has 0 aromatic heterocycles. The van der Waals surface area contributed by atoms with Crippen LogP contribution in [0.4, 0.5) is 22.7 Å². The molecule has 0 radical (unpaired) electrons. The molecule has 0 unspecified atom stereocenters. The molecule has 0 atom stereocenters. The minimum atomic E-state index is -0.521. The number of hydrogen-bond donors (Lipinski definition) is 4. The van der Waals surface area contributed by atoms with Crippen LogP contribution in [-0.2, 0) is 6.42 Å². The van der Waals surface area contributed by atoms with Gasteiger partial charge >= 0.3 is 0 Å². The first-order valence-electron chi connectivity index (χ1n) is 17.0. The van der Waals surface area contributed by atoms with Crippen molar-refractivity contribution in [2.45, 2.75) is 6.42 Å². The van der Waals surface area contributed by atoms with Gasteiger partial charge in [0.15, 0.2) is 0 Å². The molecule has 0 bridgehead atoms. The Bertz CT molecular complexity index is 2400. The Labute approximate surface area is 312 Å². The van der Waals surface area contributed by atoms with E-state index in [-0.39, 0.29) is 33.8 Å². The van der Waals surface area contributed by atoms with Gasteiger partial charge in [0.05, 0.1) is 33.6 Å². The van der Waals surface area contributed by atoms with E-state index in [0.29, 0.717) is 40.3 Å². The van der Waals surface area contributed by atoms with Crippen LogP contribution in [0.15, 0.2) is 133 Å². The summed E-state index contributed by atoms with van der Waals surface area (Å²) in [4.78, 5) is 80.8. The van der Waals surface area contributed by atoms with Gasteiger partial charge in [-0.3, -0.25) is 28.8 Å². The van der Waals surface area contributed by atoms with Gasteiger partial charge in [-0.2, -0.15) is 0 Å². The van der Waals surface area contributed by atoms with E-state index in [4.69, 9.17) is 0 Å². The molecule has 2 aliphatic heterocycles. The van der Waals surface area contributed by atoms with Crippen LogP contribution in [0.25, 0.3) is 0 Å². The number of nitrogens with zero attached hydrogens (tertiary/aromatic N) is 2. The molecule has 268 valence electrons. The van der Waals surface area contributed by atoms with Crippen molar-refractivity contribution in [2.24, 2.45) is 0 Å². The third-order valence-corrected chi connectivity index (χ3v) is 9.35. The molecule has 6 amide bonds. The number of nitrogens with one attached hydrogen (secondary N) is 2. The minimum absolute atomic E-state index is 0.0259. The van der Waals surface area contributed by atoms with Crippen LogP contribution in [0.3, 0.4) is 0 Å². The molecule has 4 N–H and O–H groups in total. The zero-order valence-corrected chi connectivity index (χ0v) is 28.6. The number of carbonyl (C=O) groups excluding carboxylic acids is 6. The van der Waals surface area contributed by atoms with Crippen molar-refractivity contribution in [1.82, 2.24) is 0 Å². The second-order valence-corrected chi connectivity index (χ2v) is 12.9. The molecule has 0 saturated carbocycles. The van der Waals surface area contributed by atoms with Crippen molar-refractivity contribution >= 4 is 58.2 Å². The normalized spacial score (nSPS) is 13.2. The average molecular weight is 729 g/mol. The fraction of sp³-hybridized carbons (Fsp3) is 0.0233. The summed E-state index contributed by atoms with van der Waals surface area (Å²) in [6, 6.07) is 34.4. The molecule has 2 aliphatic rings. The molecular formula is C43H28N4O8. The van der Waals surface area contributed by atoms with Gasteiger partial charge in [-0.15, -0.1) is 0 Å². The van der Waals surface area contributed by atoms with E-state index in [9.17, 15) is 39.0 Å². The Kier molecular flexibility index (Phi) is 8.47. The number of phenolic OH excluding ortho intramolecular Hbond substituents is 2. The summed E-state index contributed by atoms with van der Waals surface area (Å²) in [5, 5.41) is 24.4. The highest BCUT2D eigenvalue weighted by Crippen LogP contribution is 2.33. The summed E-state index contributed by atoms with van der Waals surface area (Å²) in [6.45, 7) is 0. The number of carbonyl (C=O) groups is 6. The molecule has 8 rings (SSSR count). The van der Waals surface area contributed by atoms with Crippen molar-refractivity contribution in [3.05, 3.63) is 178 Å². The number of aromatic hydroxyl groups is 2. The Morgan fingerprint density at radius 2 is 0.782 bits per heavy atom. The highest BCUT2D eigenvalue weighted by atomic mass is 16.3. The number of phenols is 2. The number of fused-ring (bicyclic) bond motifs is 2. The zero-order chi connectivity index (χ0) is 38.4. The van der Waals surface area contributed by atoms with Crippen molar-refractivity contribution in [3.8, 4) is 11.5 Å². The molecule has 0 fully saturated rings. The molecule has 12 nitrogen and oxygen atoms in total. The van der Waals surface area contributed by atoms with Crippen LogP contribution in [-0.4, -0.2) is 45.7 Å². The molecule has 0 aliphatic carbocycles. The van der Waals surface area contributed by atoms with E-state index in [1.165, 1.54) is 72.8 Å². The van der Waals surface area contributed by atoms with Crippen LogP contribution in [0, 0.1) is 0 Å². The predicted octanol–water partition coefficient (Wildman–Crippen LogP) is 6.79. The number of rotatable bonds is 8. The van der Waals surface area contributed by atoms with Crippen molar-refractivity contribution in [3.63, 3.8) is 0 Å². The molecule has 12 heteroatoms. The SMILES string of the molecule is O=C(Nc1ccc2c(c1)C(=O)N(c1ccc(Cc3ccc(N4C(=O)c5ccc(NC(=O)c6ccc(O)cc6)cc5C4=O)cc3)cc1)C2=O)c1ccc(O)cc1. The maximum Gasteiger partial charge on any atom is 0.266 e. The van der Waals surface area contributed by atoms with E-state index >= 15 is 0 Å². The third kappa shape index (κ3) is 6.44. The number of hydrogen-bond acceptors (Lipinski definition) is 8. The Morgan fingerprint density at radius 1 is 0.436 bits per heavy atom. The van der Waals surface area contributed by atoms with Crippen LogP contribution >= 0.6 is 0 Å². The Morgan fingerprint density at radius 3 is 1.15 bits per heavy atom. The molecule has 0 saturated heterocycles. The monoisotopic (exact) mass is 728 g/mol. The lowest BCUT2D eigenvalue weighted by atomic mass is 10.0. The predicted molar refractivity (Wildman–Crippen MR) is 203 cm³/mol. The summed E-state index contributed by atoms with van der Waals surface area (Å²) in [6.07, 6.45) is 0.485. The van der Waals surface area contributed by atoms with Gasteiger partial charge in [0.25, 0.3) is 35.4 Å². The lowest BCUT2D eigenvalue weighted by molar-refractivity contribution is 0.0910. The van der Waals surface area contributed by atoms with E-state index in [1.807, 2.05) is 0 Å². The Balaban J connectivity index is 0.913. The van der Waals surface area contributed by atoms with Crippen molar-refractivity contribution < 1.29 is 39.0 Å². The van der Waals surface area contributed by atoms with E-state index in [1.54, 1.807) is 60.7 Å². The first-order chi connectivity index (χ1) is 26.5. The van der Waals surface area contributed by atoms with Crippen LogP contribution in [0.1, 0.15) is 73.3 Å². The molecule has 6 aromatic carbocycles. The standard InChI is InChI=1S/C43H28N4O8/c48-32-15-5-26(6-16-32)38(50)44-28-9-19-34-36(22-28)42(54)46(40(34)52)30-11-1-24(2-12-30)21-25-3-13-31(14-4-25)47-41(53)35-20-10-29(23-37(35)43(47)55)45-39(51)27-7-17-33(49)18-8-27/h1-20,22-23,48-49H,21H2,(H,44,50)(H,45,51). The molecular weight excluding hydrogens is 700 g/mol. The van der Waals surface area contributed by atoms with Gasteiger partial charge in [-0.1, -0.05) is 24.3 Å². The summed E-state index contributed by atoms with van der Waals surface area (Å²) in [5.41, 5.74) is 4.59. The van der Waals surface area contributed by atoms with Crippen LogP contribution in [0.5, 0.6) is 11.5 Å². The average Bonchev–Trinajstić information content (AvgIpc) is 3.58. The first-order valence-corrected chi connectivity index (χ1v) is 17.0. The van der Waals surface area contributed by atoms with Gasteiger partial charge in [0, 0.05) is 22.5 Å². The highest BCUT2D eigenvalue weighted by Gasteiger charge is 2.38. The number of anilines is 4. The minimum Gasteiger partial charge on any atom is -0.508 e. The van der Waals surface area contributed by atoms with Gasteiger partial charge in [-0.05, 0) is 127 Å². The van der Waals surface area contributed by atoms with E-state index in [0.717, 1.165) is 20.9 Å². The van der Waals surface area contributed by atoms with Crippen molar-refractivity contribution in [1.29, 1.82) is 0 Å². The van der Waals surface area contributed by atoms with Gasteiger partial charge in [0.1, 0.15) is 11.5 Å².